The van der Waals surface area contributed by atoms with Gasteiger partial charge in [-0.25, -0.2) is 4.79 Å². The van der Waals surface area contributed by atoms with Gasteiger partial charge >= 0.3 is 5.97 Å². The number of hydrogen-bond donors (Lipinski definition) is 0. The van der Waals surface area contributed by atoms with Crippen molar-refractivity contribution in [3.05, 3.63) is 25.0 Å². The summed E-state index contributed by atoms with van der Waals surface area (Å²) in [6.45, 7) is 12.6. The monoisotopic (exact) mass is 288 g/mol. The van der Waals surface area contributed by atoms with Gasteiger partial charge in [0, 0.05) is 5.57 Å². The molecule has 1 atom stereocenters. The van der Waals surface area contributed by atoms with Crippen LogP contribution in [0.3, 0.4) is 0 Å². The molecule has 0 aliphatic heterocycles. The van der Waals surface area contributed by atoms with Crippen molar-refractivity contribution in [3.8, 4) is 0 Å². The predicted octanol–water partition coefficient (Wildman–Crippen LogP) is 1.66. The lowest BCUT2D eigenvalue weighted by Gasteiger charge is -2.12. The first-order valence-corrected chi connectivity index (χ1v) is 6.44. The third-order valence-electron chi connectivity index (χ3n) is 2.05. The second-order valence-electron chi connectivity index (χ2n) is 3.88. The van der Waals surface area contributed by atoms with Gasteiger partial charge in [0.1, 0.15) is 6.61 Å². The molecular weight excluding hydrogens is 264 g/mol. The molecule has 0 aliphatic carbocycles. The summed E-state index contributed by atoms with van der Waals surface area (Å²) in [6.07, 6.45) is 1.01. The van der Waals surface area contributed by atoms with Crippen molar-refractivity contribution in [1.29, 1.82) is 0 Å². The van der Waals surface area contributed by atoms with Crippen LogP contribution in [0.25, 0.3) is 0 Å². The van der Waals surface area contributed by atoms with Crippen LogP contribution in [0.2, 0.25) is 0 Å². The lowest BCUT2D eigenvalue weighted by Crippen LogP contribution is -2.16. The van der Waals surface area contributed by atoms with E-state index in [-0.39, 0.29) is 12.9 Å². The first kappa shape index (κ1) is 18.6. The summed E-state index contributed by atoms with van der Waals surface area (Å²) in [5.74, 6) is -0.405. The summed E-state index contributed by atoms with van der Waals surface area (Å²) < 4.78 is 25.6. The second kappa shape index (κ2) is 12.7. The molecule has 0 saturated heterocycles. The van der Waals surface area contributed by atoms with Crippen molar-refractivity contribution in [2.75, 3.05) is 39.6 Å². The normalized spacial score (nSPS) is 11.7. The Morgan fingerprint density at radius 1 is 1.10 bits per heavy atom. The zero-order valence-corrected chi connectivity index (χ0v) is 12.3. The molecular formula is C14H24O6. The molecule has 0 aromatic carbocycles. The first-order chi connectivity index (χ1) is 9.57. The highest BCUT2D eigenvalue weighted by atomic mass is 16.7. The molecule has 0 N–H and O–H groups in total. The predicted molar refractivity (Wildman–Crippen MR) is 74.1 cm³/mol. The van der Waals surface area contributed by atoms with Crippen molar-refractivity contribution in [2.45, 2.75) is 20.1 Å². The highest BCUT2D eigenvalue weighted by Gasteiger charge is 2.02. The van der Waals surface area contributed by atoms with E-state index in [1.807, 2.05) is 0 Å². The molecule has 0 amide bonds. The van der Waals surface area contributed by atoms with Crippen LogP contribution < -0.4 is 0 Å². The average Bonchev–Trinajstić information content (AvgIpc) is 2.40. The van der Waals surface area contributed by atoms with E-state index in [0.717, 1.165) is 0 Å². The summed E-state index contributed by atoms with van der Waals surface area (Å²) >= 11 is 0. The molecule has 0 aromatic heterocycles. The van der Waals surface area contributed by atoms with E-state index in [9.17, 15) is 4.79 Å². The second-order valence-corrected chi connectivity index (χ2v) is 3.88. The molecule has 0 fully saturated rings. The van der Waals surface area contributed by atoms with Gasteiger partial charge in [0.05, 0.1) is 39.3 Å². The van der Waals surface area contributed by atoms with Gasteiger partial charge in [0.25, 0.3) is 0 Å². The molecule has 6 heteroatoms. The van der Waals surface area contributed by atoms with Gasteiger partial charge in [-0.3, -0.25) is 0 Å². The van der Waals surface area contributed by atoms with Crippen molar-refractivity contribution in [3.63, 3.8) is 0 Å². The van der Waals surface area contributed by atoms with Crippen molar-refractivity contribution >= 4 is 5.97 Å². The molecule has 20 heavy (non-hydrogen) atoms. The molecule has 0 rings (SSSR count). The van der Waals surface area contributed by atoms with E-state index >= 15 is 0 Å². The molecule has 0 spiro atoms. The fourth-order valence-electron chi connectivity index (χ4n) is 1.09. The van der Waals surface area contributed by atoms with E-state index < -0.39 is 5.97 Å². The smallest absolute Gasteiger partial charge is 0.333 e. The Bertz CT molecular complexity index is 289. The molecule has 1 unspecified atom stereocenters. The third-order valence-corrected chi connectivity index (χ3v) is 2.05. The zero-order chi connectivity index (χ0) is 15.2. The van der Waals surface area contributed by atoms with Gasteiger partial charge in [0.2, 0.25) is 0 Å². The number of rotatable bonds is 13. The first-order valence-electron chi connectivity index (χ1n) is 6.44. The lowest BCUT2D eigenvalue weighted by molar-refractivity contribution is -0.140. The third kappa shape index (κ3) is 11.7. The molecule has 0 aromatic rings. The molecule has 6 nitrogen and oxygen atoms in total. The van der Waals surface area contributed by atoms with Crippen LogP contribution >= 0.6 is 0 Å². The maximum absolute atomic E-state index is 11.0. The SMILES string of the molecule is C=COC(C)OCCOCCOCCOC(=O)C(=C)C. The van der Waals surface area contributed by atoms with E-state index in [4.69, 9.17) is 23.7 Å². The van der Waals surface area contributed by atoms with Crippen molar-refractivity contribution in [2.24, 2.45) is 0 Å². The summed E-state index contributed by atoms with van der Waals surface area (Å²) in [5.41, 5.74) is 0.378. The Hall–Kier alpha value is -1.37. The minimum absolute atomic E-state index is 0.214. The van der Waals surface area contributed by atoms with E-state index in [1.165, 1.54) is 6.26 Å². The number of hydrogen-bond acceptors (Lipinski definition) is 6. The van der Waals surface area contributed by atoms with Gasteiger partial charge in [-0.2, -0.15) is 0 Å². The standard InChI is InChI=1S/C14H24O6/c1-5-18-13(4)19-10-8-16-6-7-17-9-11-20-14(15)12(2)3/h5,13H,1-2,6-11H2,3-4H3. The molecule has 0 radical (unpaired) electrons. The van der Waals surface area contributed by atoms with Gasteiger partial charge in [-0.15, -0.1) is 0 Å². The van der Waals surface area contributed by atoms with Crippen LogP contribution in [-0.2, 0) is 28.5 Å². The Balaban J connectivity index is 3.19. The number of esters is 1. The summed E-state index contributed by atoms with van der Waals surface area (Å²) in [7, 11) is 0. The van der Waals surface area contributed by atoms with Crippen LogP contribution in [0.5, 0.6) is 0 Å². The van der Waals surface area contributed by atoms with Gasteiger partial charge in [0.15, 0.2) is 6.29 Å². The molecule has 0 aliphatic rings. The minimum atomic E-state index is -0.405. The summed E-state index contributed by atoms with van der Waals surface area (Å²) in [6, 6.07) is 0. The highest BCUT2D eigenvalue weighted by Crippen LogP contribution is 1.93. The number of carbonyl (C=O) groups is 1. The van der Waals surface area contributed by atoms with Crippen LogP contribution in [-0.4, -0.2) is 51.9 Å². The van der Waals surface area contributed by atoms with Crippen LogP contribution in [0.4, 0.5) is 0 Å². The molecule has 0 saturated carbocycles. The Kier molecular flexibility index (Phi) is 11.8. The van der Waals surface area contributed by atoms with Gasteiger partial charge < -0.3 is 23.7 Å². The van der Waals surface area contributed by atoms with Crippen molar-refractivity contribution < 1.29 is 28.5 Å². The van der Waals surface area contributed by atoms with E-state index in [0.29, 0.717) is 38.6 Å². The largest absolute Gasteiger partial charge is 0.473 e. The minimum Gasteiger partial charge on any atom is -0.473 e. The van der Waals surface area contributed by atoms with E-state index in [2.05, 4.69) is 13.2 Å². The summed E-state index contributed by atoms with van der Waals surface area (Å²) in [4.78, 5) is 11.0. The fourth-order valence-corrected chi connectivity index (χ4v) is 1.09. The topological polar surface area (TPSA) is 63.2 Å². The molecule has 0 heterocycles. The Morgan fingerprint density at radius 3 is 2.20 bits per heavy atom. The Labute approximate surface area is 120 Å². The zero-order valence-electron chi connectivity index (χ0n) is 12.3. The highest BCUT2D eigenvalue weighted by molar-refractivity contribution is 5.86. The van der Waals surface area contributed by atoms with Crippen molar-refractivity contribution in [1.82, 2.24) is 0 Å². The quantitative estimate of drug-likeness (QED) is 0.169. The van der Waals surface area contributed by atoms with E-state index in [1.54, 1.807) is 13.8 Å². The van der Waals surface area contributed by atoms with Gasteiger partial charge in [-0.1, -0.05) is 13.2 Å². The fraction of sp³-hybridized carbons (Fsp3) is 0.643. The van der Waals surface area contributed by atoms with Crippen LogP contribution in [0.15, 0.2) is 25.0 Å². The maximum Gasteiger partial charge on any atom is 0.333 e. The summed E-state index contributed by atoms with van der Waals surface area (Å²) in [5, 5.41) is 0. The van der Waals surface area contributed by atoms with Crippen LogP contribution in [0.1, 0.15) is 13.8 Å². The van der Waals surface area contributed by atoms with Crippen LogP contribution in [0, 0.1) is 0 Å². The maximum atomic E-state index is 11.0. The lowest BCUT2D eigenvalue weighted by atomic mass is 10.4. The number of ether oxygens (including phenoxy) is 5. The van der Waals surface area contributed by atoms with Gasteiger partial charge in [-0.05, 0) is 13.8 Å². The molecule has 116 valence electrons. The average molecular weight is 288 g/mol. The number of carbonyl (C=O) groups excluding carboxylic acids is 1. The Morgan fingerprint density at radius 2 is 1.65 bits per heavy atom. The molecule has 0 bridgehead atoms.